The highest BCUT2D eigenvalue weighted by Gasteiger charge is 2.22. The third kappa shape index (κ3) is 3.60. The molecule has 1 saturated heterocycles. The topological polar surface area (TPSA) is 31.4 Å². The number of aromatic nitrogens is 1. The maximum absolute atomic E-state index is 4.24. The molecule has 0 spiro atoms. The highest BCUT2D eigenvalue weighted by molar-refractivity contribution is 5.68. The van der Waals surface area contributed by atoms with E-state index in [9.17, 15) is 0 Å². The van der Waals surface area contributed by atoms with Crippen LogP contribution in [0.5, 0.6) is 0 Å². The summed E-state index contributed by atoms with van der Waals surface area (Å²) in [5.41, 5.74) is 2.34. The van der Waals surface area contributed by atoms with Gasteiger partial charge in [-0.15, -0.1) is 0 Å². The minimum atomic E-state index is 0.497. The van der Waals surface area contributed by atoms with Crippen molar-refractivity contribution in [2.45, 2.75) is 25.8 Å². The zero-order chi connectivity index (χ0) is 13.8. The van der Waals surface area contributed by atoms with Gasteiger partial charge in [0.05, 0.1) is 17.6 Å². The number of pyridine rings is 1. The number of nitrogens with one attached hydrogen (secondary N) is 1. The van der Waals surface area contributed by atoms with E-state index in [1.54, 1.807) is 0 Å². The first-order valence-corrected chi connectivity index (χ1v) is 7.14. The first kappa shape index (κ1) is 14.1. The van der Waals surface area contributed by atoms with Gasteiger partial charge in [0.1, 0.15) is 0 Å². The van der Waals surface area contributed by atoms with E-state index in [4.69, 9.17) is 0 Å². The first-order valence-electron chi connectivity index (χ1n) is 7.14. The van der Waals surface area contributed by atoms with Gasteiger partial charge in [-0.3, -0.25) is 4.98 Å². The van der Waals surface area contributed by atoms with Gasteiger partial charge in [0.25, 0.3) is 0 Å². The van der Waals surface area contributed by atoms with Crippen LogP contribution in [0.15, 0.2) is 18.5 Å². The monoisotopic (exact) mass is 262 g/mol. The standard InChI is InChI=1S/C15H26N4/c1-12(13-6-9-19(4)10-7-13)17-14-11-16-8-5-15(14)18(2)3/h5,8,11-13,17H,6-7,9-10H2,1-4H3. The molecule has 1 aromatic rings. The van der Waals surface area contributed by atoms with Gasteiger partial charge < -0.3 is 15.1 Å². The lowest BCUT2D eigenvalue weighted by Crippen LogP contribution is -2.37. The molecule has 0 aromatic carbocycles. The summed E-state index contributed by atoms with van der Waals surface area (Å²) in [5.74, 6) is 0.756. The van der Waals surface area contributed by atoms with Crippen molar-refractivity contribution in [3.8, 4) is 0 Å². The molecule has 1 fully saturated rings. The average molecular weight is 262 g/mol. The molecule has 1 atom stereocenters. The molecule has 0 saturated carbocycles. The lowest BCUT2D eigenvalue weighted by molar-refractivity contribution is 0.208. The van der Waals surface area contributed by atoms with Gasteiger partial charge in [0, 0.05) is 26.3 Å². The number of rotatable bonds is 4. The molecular formula is C15H26N4. The van der Waals surface area contributed by atoms with Gasteiger partial charge >= 0.3 is 0 Å². The number of anilines is 2. The fourth-order valence-corrected chi connectivity index (χ4v) is 2.78. The fraction of sp³-hybridized carbons (Fsp3) is 0.667. The van der Waals surface area contributed by atoms with E-state index in [1.165, 1.54) is 31.6 Å². The van der Waals surface area contributed by atoms with Crippen molar-refractivity contribution in [3.63, 3.8) is 0 Å². The summed E-state index contributed by atoms with van der Waals surface area (Å²) in [7, 11) is 6.35. The molecule has 4 heteroatoms. The SMILES string of the molecule is CC(Nc1cnccc1N(C)C)C1CCN(C)CC1. The van der Waals surface area contributed by atoms with Gasteiger partial charge in [-0.25, -0.2) is 0 Å². The Balaban J connectivity index is 2.00. The van der Waals surface area contributed by atoms with Gasteiger partial charge in [0.15, 0.2) is 0 Å². The summed E-state index contributed by atoms with van der Waals surface area (Å²) in [5, 5.41) is 3.65. The second-order valence-electron chi connectivity index (χ2n) is 5.86. The van der Waals surface area contributed by atoms with E-state index >= 15 is 0 Å². The Bertz CT molecular complexity index is 397. The van der Waals surface area contributed by atoms with Crippen molar-refractivity contribution < 1.29 is 0 Å². The van der Waals surface area contributed by atoms with E-state index < -0.39 is 0 Å². The van der Waals surface area contributed by atoms with Crippen LogP contribution in [0.2, 0.25) is 0 Å². The van der Waals surface area contributed by atoms with E-state index in [1.807, 2.05) is 12.4 Å². The van der Waals surface area contributed by atoms with E-state index in [0.29, 0.717) is 6.04 Å². The quantitative estimate of drug-likeness (QED) is 0.902. The van der Waals surface area contributed by atoms with Crippen LogP contribution in [-0.4, -0.2) is 50.2 Å². The van der Waals surface area contributed by atoms with E-state index in [0.717, 1.165) is 11.6 Å². The van der Waals surface area contributed by atoms with Crippen molar-refractivity contribution in [3.05, 3.63) is 18.5 Å². The largest absolute Gasteiger partial charge is 0.379 e. The third-order valence-electron chi connectivity index (χ3n) is 4.13. The molecule has 1 aliphatic rings. The Morgan fingerprint density at radius 3 is 2.68 bits per heavy atom. The highest BCUT2D eigenvalue weighted by Crippen LogP contribution is 2.27. The summed E-state index contributed by atoms with van der Waals surface area (Å²) in [4.78, 5) is 8.79. The second-order valence-corrected chi connectivity index (χ2v) is 5.86. The molecule has 1 aromatic heterocycles. The van der Waals surface area contributed by atoms with Gasteiger partial charge in [0.2, 0.25) is 0 Å². The third-order valence-corrected chi connectivity index (χ3v) is 4.13. The van der Waals surface area contributed by atoms with Crippen LogP contribution >= 0.6 is 0 Å². The fourth-order valence-electron chi connectivity index (χ4n) is 2.78. The van der Waals surface area contributed by atoms with Crippen molar-refractivity contribution in [1.29, 1.82) is 0 Å². The summed E-state index contributed by atoms with van der Waals surface area (Å²) < 4.78 is 0. The molecule has 0 bridgehead atoms. The van der Waals surface area contributed by atoms with Crippen LogP contribution in [0.1, 0.15) is 19.8 Å². The average Bonchev–Trinajstić information content (AvgIpc) is 2.39. The number of hydrogen-bond donors (Lipinski definition) is 1. The Hall–Kier alpha value is -1.29. The summed E-state index contributed by atoms with van der Waals surface area (Å²) in [6, 6.07) is 2.56. The maximum Gasteiger partial charge on any atom is 0.0766 e. The van der Waals surface area contributed by atoms with Crippen LogP contribution in [-0.2, 0) is 0 Å². The number of hydrogen-bond acceptors (Lipinski definition) is 4. The summed E-state index contributed by atoms with van der Waals surface area (Å²) in [6.07, 6.45) is 6.34. The molecule has 0 amide bonds. The molecule has 1 unspecified atom stereocenters. The molecule has 1 aliphatic heterocycles. The molecule has 4 nitrogen and oxygen atoms in total. The smallest absolute Gasteiger partial charge is 0.0766 e. The van der Waals surface area contributed by atoms with Gasteiger partial charge in [-0.1, -0.05) is 0 Å². The Morgan fingerprint density at radius 1 is 1.37 bits per heavy atom. The lowest BCUT2D eigenvalue weighted by atomic mass is 9.90. The number of piperidine rings is 1. The van der Waals surface area contributed by atoms with Gasteiger partial charge in [-0.2, -0.15) is 0 Å². The predicted octanol–water partition coefficient (Wildman–Crippen LogP) is 2.29. The predicted molar refractivity (Wildman–Crippen MR) is 81.9 cm³/mol. The van der Waals surface area contributed by atoms with Crippen molar-refractivity contribution in [1.82, 2.24) is 9.88 Å². The molecule has 0 aliphatic carbocycles. The first-order chi connectivity index (χ1) is 9.08. The van der Waals surface area contributed by atoms with E-state index in [2.05, 4.69) is 54.2 Å². The second kappa shape index (κ2) is 6.24. The van der Waals surface area contributed by atoms with Crippen LogP contribution in [0, 0.1) is 5.92 Å². The molecule has 106 valence electrons. The van der Waals surface area contributed by atoms with Crippen LogP contribution in [0.25, 0.3) is 0 Å². The summed E-state index contributed by atoms with van der Waals surface area (Å²) >= 11 is 0. The van der Waals surface area contributed by atoms with Crippen LogP contribution in [0.4, 0.5) is 11.4 Å². The summed E-state index contributed by atoms with van der Waals surface area (Å²) in [6.45, 7) is 4.72. The minimum Gasteiger partial charge on any atom is -0.379 e. The van der Waals surface area contributed by atoms with Gasteiger partial charge in [-0.05, 0) is 51.9 Å². The van der Waals surface area contributed by atoms with Crippen molar-refractivity contribution >= 4 is 11.4 Å². The number of nitrogens with zero attached hydrogens (tertiary/aromatic N) is 3. The molecule has 19 heavy (non-hydrogen) atoms. The highest BCUT2D eigenvalue weighted by atomic mass is 15.1. The molecule has 2 heterocycles. The zero-order valence-corrected chi connectivity index (χ0v) is 12.6. The molecule has 0 radical (unpaired) electrons. The van der Waals surface area contributed by atoms with Crippen LogP contribution < -0.4 is 10.2 Å². The molecular weight excluding hydrogens is 236 g/mol. The zero-order valence-electron chi connectivity index (χ0n) is 12.6. The number of likely N-dealkylation sites (tertiary alicyclic amines) is 1. The van der Waals surface area contributed by atoms with Crippen molar-refractivity contribution in [2.75, 3.05) is 44.4 Å². The maximum atomic E-state index is 4.24. The Morgan fingerprint density at radius 2 is 2.05 bits per heavy atom. The Kier molecular flexibility index (Phi) is 4.64. The lowest BCUT2D eigenvalue weighted by Gasteiger charge is -2.34. The van der Waals surface area contributed by atoms with Crippen LogP contribution in [0.3, 0.4) is 0 Å². The van der Waals surface area contributed by atoms with Crippen molar-refractivity contribution in [2.24, 2.45) is 5.92 Å². The minimum absolute atomic E-state index is 0.497. The normalized spacial score (nSPS) is 19.2. The van der Waals surface area contributed by atoms with E-state index in [-0.39, 0.29) is 0 Å². The Labute approximate surface area is 116 Å². The molecule has 2 rings (SSSR count). The molecule has 1 N–H and O–H groups in total.